The zero-order valence-electron chi connectivity index (χ0n) is 9.98. The highest BCUT2D eigenvalue weighted by molar-refractivity contribution is 5.81. The van der Waals surface area contributed by atoms with E-state index in [4.69, 9.17) is 14.9 Å². The van der Waals surface area contributed by atoms with E-state index >= 15 is 0 Å². The Morgan fingerprint density at radius 3 is 2.82 bits per heavy atom. The molecule has 17 heavy (non-hydrogen) atoms. The summed E-state index contributed by atoms with van der Waals surface area (Å²) in [6, 6.07) is 3.77. The Morgan fingerprint density at radius 1 is 1.47 bits per heavy atom. The minimum atomic E-state index is 0.603. The van der Waals surface area contributed by atoms with Crippen LogP contribution in [0.5, 0.6) is 5.88 Å². The zero-order valence-corrected chi connectivity index (χ0v) is 9.98. The van der Waals surface area contributed by atoms with Crippen molar-refractivity contribution >= 4 is 5.84 Å². The summed E-state index contributed by atoms with van der Waals surface area (Å²) in [5.74, 6) is 1.23. The smallest absolute Gasteiger partial charge is 0.212 e. The summed E-state index contributed by atoms with van der Waals surface area (Å²) in [4.78, 5) is 6.18. The van der Waals surface area contributed by atoms with Crippen molar-refractivity contribution in [3.05, 3.63) is 23.9 Å². The molecule has 0 amide bonds. The maximum atomic E-state index is 8.03. The first kappa shape index (κ1) is 11.9. The first-order valence-corrected chi connectivity index (χ1v) is 5.68. The third-order valence-electron chi connectivity index (χ3n) is 2.77. The molecule has 1 aromatic rings. The predicted molar refractivity (Wildman–Crippen MR) is 64.6 cm³/mol. The molecule has 0 atom stereocenters. The molecular formula is C12H17N3O2. The third-order valence-corrected chi connectivity index (χ3v) is 2.77. The number of nitrogens with one attached hydrogen (secondary N) is 1. The van der Waals surface area contributed by atoms with Gasteiger partial charge in [0, 0.05) is 31.8 Å². The maximum Gasteiger partial charge on any atom is 0.212 e. The lowest BCUT2D eigenvalue weighted by atomic mass is 10.2. The number of methoxy groups -OCH3 is 1. The van der Waals surface area contributed by atoms with Gasteiger partial charge < -0.3 is 14.4 Å². The Hall–Kier alpha value is -1.62. The van der Waals surface area contributed by atoms with Crippen molar-refractivity contribution in [3.8, 4) is 5.88 Å². The van der Waals surface area contributed by atoms with Gasteiger partial charge in [0.2, 0.25) is 5.88 Å². The summed E-state index contributed by atoms with van der Waals surface area (Å²) in [6.45, 7) is 3.04. The second-order valence-corrected chi connectivity index (χ2v) is 3.93. The normalized spacial score (nSPS) is 15.7. The molecular weight excluding hydrogens is 218 g/mol. The number of aromatic nitrogens is 1. The number of amidine groups is 1. The van der Waals surface area contributed by atoms with Crippen molar-refractivity contribution in [3.63, 3.8) is 0 Å². The van der Waals surface area contributed by atoms with Crippen LogP contribution in [0.4, 0.5) is 0 Å². The van der Waals surface area contributed by atoms with Gasteiger partial charge in [0.15, 0.2) is 0 Å². The monoisotopic (exact) mass is 235 g/mol. The summed E-state index contributed by atoms with van der Waals surface area (Å²) in [7, 11) is 1.60. The molecule has 92 valence electrons. The van der Waals surface area contributed by atoms with Gasteiger partial charge in [-0.25, -0.2) is 4.98 Å². The van der Waals surface area contributed by atoms with Crippen LogP contribution in [0, 0.1) is 5.41 Å². The van der Waals surface area contributed by atoms with Gasteiger partial charge in [0.25, 0.3) is 0 Å². The van der Waals surface area contributed by atoms with E-state index in [-0.39, 0.29) is 0 Å². The van der Waals surface area contributed by atoms with Gasteiger partial charge in [-0.3, -0.25) is 5.41 Å². The van der Waals surface area contributed by atoms with E-state index in [2.05, 4.69) is 4.98 Å². The van der Waals surface area contributed by atoms with Crippen LogP contribution in [0.3, 0.4) is 0 Å². The van der Waals surface area contributed by atoms with E-state index in [1.54, 1.807) is 13.3 Å². The number of nitrogens with zero attached hydrogens (tertiary/aromatic N) is 2. The number of rotatable bonds is 3. The fourth-order valence-corrected chi connectivity index (χ4v) is 1.77. The minimum Gasteiger partial charge on any atom is -0.481 e. The van der Waals surface area contributed by atoms with Crippen molar-refractivity contribution in [2.75, 3.05) is 33.4 Å². The van der Waals surface area contributed by atoms with Crippen molar-refractivity contribution in [2.45, 2.75) is 6.42 Å². The first-order valence-electron chi connectivity index (χ1n) is 5.68. The number of ether oxygens (including phenoxy) is 2. The van der Waals surface area contributed by atoms with E-state index in [1.807, 2.05) is 17.0 Å². The molecule has 1 aromatic heterocycles. The van der Waals surface area contributed by atoms with Crippen molar-refractivity contribution in [1.82, 2.24) is 9.88 Å². The molecule has 0 radical (unpaired) electrons. The summed E-state index contributed by atoms with van der Waals surface area (Å²) in [5.41, 5.74) is 1.03. The Balaban J connectivity index is 1.92. The fraction of sp³-hybridized carbons (Fsp3) is 0.500. The van der Waals surface area contributed by atoms with Gasteiger partial charge in [-0.2, -0.15) is 0 Å². The van der Waals surface area contributed by atoms with Crippen molar-refractivity contribution < 1.29 is 9.47 Å². The van der Waals surface area contributed by atoms with Gasteiger partial charge in [-0.15, -0.1) is 0 Å². The molecule has 0 bridgehead atoms. The maximum absolute atomic E-state index is 8.03. The molecule has 0 spiro atoms. The number of pyridine rings is 1. The largest absolute Gasteiger partial charge is 0.481 e. The first-order chi connectivity index (χ1) is 8.29. The molecule has 1 aliphatic rings. The van der Waals surface area contributed by atoms with Gasteiger partial charge in [-0.1, -0.05) is 6.07 Å². The molecule has 5 nitrogen and oxygen atoms in total. The number of hydrogen-bond donors (Lipinski definition) is 1. The van der Waals surface area contributed by atoms with Gasteiger partial charge >= 0.3 is 0 Å². The number of hydrogen-bond acceptors (Lipinski definition) is 4. The Kier molecular flexibility index (Phi) is 3.93. The molecule has 1 fully saturated rings. The zero-order chi connectivity index (χ0) is 12.1. The molecule has 1 aliphatic heterocycles. The van der Waals surface area contributed by atoms with Crippen LogP contribution < -0.4 is 4.74 Å². The highest BCUT2D eigenvalue weighted by Crippen LogP contribution is 2.09. The quantitative estimate of drug-likeness (QED) is 0.626. The van der Waals surface area contributed by atoms with Crippen LogP contribution in [0.25, 0.3) is 0 Å². The molecule has 1 saturated heterocycles. The van der Waals surface area contributed by atoms with E-state index in [0.717, 1.165) is 18.7 Å². The average molecular weight is 235 g/mol. The standard InChI is InChI=1S/C12H17N3O2/c1-16-12-3-2-10(9-14-12)8-11(13)15-4-6-17-7-5-15/h2-3,9,13H,4-8H2,1H3. The number of morpholine rings is 1. The molecule has 0 aliphatic carbocycles. The second kappa shape index (κ2) is 5.63. The van der Waals surface area contributed by atoms with Crippen molar-refractivity contribution in [2.24, 2.45) is 0 Å². The second-order valence-electron chi connectivity index (χ2n) is 3.93. The minimum absolute atomic E-state index is 0.603. The Morgan fingerprint density at radius 2 is 2.24 bits per heavy atom. The SMILES string of the molecule is COc1ccc(CC(=N)N2CCOCC2)cn1. The van der Waals surface area contributed by atoms with E-state index in [1.165, 1.54) is 0 Å². The van der Waals surface area contributed by atoms with E-state index < -0.39 is 0 Å². The third kappa shape index (κ3) is 3.17. The molecule has 0 saturated carbocycles. The summed E-state index contributed by atoms with van der Waals surface area (Å²) in [5, 5.41) is 8.03. The van der Waals surface area contributed by atoms with Crippen LogP contribution in [0.1, 0.15) is 5.56 Å². The van der Waals surface area contributed by atoms with Crippen LogP contribution >= 0.6 is 0 Å². The average Bonchev–Trinajstić information content (AvgIpc) is 2.40. The topological polar surface area (TPSA) is 58.4 Å². The summed E-state index contributed by atoms with van der Waals surface area (Å²) in [6.07, 6.45) is 2.37. The van der Waals surface area contributed by atoms with Gasteiger partial charge in [0.05, 0.1) is 20.3 Å². The summed E-state index contributed by atoms with van der Waals surface area (Å²) < 4.78 is 10.3. The highest BCUT2D eigenvalue weighted by Gasteiger charge is 2.13. The Bertz CT molecular complexity index is 372. The summed E-state index contributed by atoms with van der Waals surface area (Å²) >= 11 is 0. The van der Waals surface area contributed by atoms with E-state index in [0.29, 0.717) is 31.4 Å². The lowest BCUT2D eigenvalue weighted by molar-refractivity contribution is 0.0670. The molecule has 1 N–H and O–H groups in total. The fourth-order valence-electron chi connectivity index (χ4n) is 1.77. The molecule has 5 heteroatoms. The highest BCUT2D eigenvalue weighted by atomic mass is 16.5. The van der Waals surface area contributed by atoms with Crippen molar-refractivity contribution in [1.29, 1.82) is 5.41 Å². The van der Waals surface area contributed by atoms with Gasteiger partial charge in [-0.05, 0) is 5.56 Å². The van der Waals surface area contributed by atoms with Crippen LogP contribution in [0.15, 0.2) is 18.3 Å². The van der Waals surface area contributed by atoms with Gasteiger partial charge in [0.1, 0.15) is 5.84 Å². The molecule has 2 rings (SSSR count). The lowest BCUT2D eigenvalue weighted by Crippen LogP contribution is -2.41. The Labute approximate surface area is 101 Å². The molecule has 0 unspecified atom stereocenters. The van der Waals surface area contributed by atoms with E-state index in [9.17, 15) is 0 Å². The van der Waals surface area contributed by atoms with Crippen LogP contribution in [0.2, 0.25) is 0 Å². The van der Waals surface area contributed by atoms with Crippen LogP contribution in [-0.2, 0) is 11.2 Å². The van der Waals surface area contributed by atoms with Crippen LogP contribution in [-0.4, -0.2) is 49.1 Å². The molecule has 2 heterocycles. The molecule has 0 aromatic carbocycles. The predicted octanol–water partition coefficient (Wildman–Crippen LogP) is 0.942. The lowest BCUT2D eigenvalue weighted by Gasteiger charge is -2.29.